The van der Waals surface area contributed by atoms with Crippen molar-refractivity contribution in [1.29, 1.82) is 0 Å². The molecule has 4 nitrogen and oxygen atoms in total. The number of amides is 1. The molecule has 1 aromatic rings. The maximum Gasteiger partial charge on any atom is 0.410 e. The van der Waals surface area contributed by atoms with Crippen LogP contribution in [0.25, 0.3) is 0 Å². The molecule has 1 heterocycles. The van der Waals surface area contributed by atoms with E-state index < -0.39 is 11.4 Å². The molecular weight excluding hydrogens is 309 g/mol. The van der Waals surface area contributed by atoms with Gasteiger partial charge < -0.3 is 14.4 Å². The molecule has 0 unspecified atom stereocenters. The Morgan fingerprint density at radius 3 is 2.50 bits per heavy atom. The zero-order valence-corrected chi connectivity index (χ0v) is 13.8. The first-order chi connectivity index (χ1) is 10.2. The summed E-state index contributed by atoms with van der Waals surface area (Å²) in [6, 6.07) is 4.40. The zero-order chi connectivity index (χ0) is 16.3. The number of carbonyl (C=O) groups excluding carboxylic acids is 1. The summed E-state index contributed by atoms with van der Waals surface area (Å²) in [5, 5.41) is 0.0760. The van der Waals surface area contributed by atoms with Gasteiger partial charge in [-0.05, 0) is 32.9 Å². The van der Waals surface area contributed by atoms with Gasteiger partial charge in [0.15, 0.2) is 0 Å². The van der Waals surface area contributed by atoms with Crippen LogP contribution >= 0.6 is 11.6 Å². The van der Waals surface area contributed by atoms with Crippen LogP contribution in [0.3, 0.4) is 0 Å². The summed E-state index contributed by atoms with van der Waals surface area (Å²) in [5.41, 5.74) is -0.495. The summed E-state index contributed by atoms with van der Waals surface area (Å²) in [5.74, 6) is -0.0389. The number of piperidine rings is 1. The Kier molecular flexibility index (Phi) is 5.16. The Labute approximate surface area is 135 Å². The largest absolute Gasteiger partial charge is 0.490 e. The molecule has 0 atom stereocenters. The number of nitrogens with zero attached hydrogens (tertiary/aromatic N) is 1. The highest BCUT2D eigenvalue weighted by Gasteiger charge is 2.27. The van der Waals surface area contributed by atoms with Gasteiger partial charge in [-0.3, -0.25) is 0 Å². The molecule has 0 aliphatic carbocycles. The highest BCUT2D eigenvalue weighted by Crippen LogP contribution is 2.24. The minimum absolute atomic E-state index is 0.0423. The number of ether oxygens (including phenoxy) is 2. The first-order valence-corrected chi connectivity index (χ1v) is 7.72. The lowest BCUT2D eigenvalue weighted by Crippen LogP contribution is -2.44. The van der Waals surface area contributed by atoms with Crippen LogP contribution < -0.4 is 4.74 Å². The summed E-state index contributed by atoms with van der Waals surface area (Å²) in [6.07, 6.45) is 1.02. The number of halogens is 2. The lowest BCUT2D eigenvalue weighted by atomic mass is 10.1. The SMILES string of the molecule is CC(C)(C)OC(=O)N1CCC(Oc2ccc(Cl)c(F)c2)CC1. The van der Waals surface area contributed by atoms with Crippen molar-refractivity contribution >= 4 is 17.7 Å². The molecule has 22 heavy (non-hydrogen) atoms. The highest BCUT2D eigenvalue weighted by molar-refractivity contribution is 6.30. The van der Waals surface area contributed by atoms with Gasteiger partial charge in [0.25, 0.3) is 0 Å². The second-order valence-electron chi connectivity index (χ2n) is 6.36. The van der Waals surface area contributed by atoms with E-state index in [1.54, 1.807) is 11.0 Å². The molecule has 1 aliphatic rings. The third-order valence-electron chi connectivity index (χ3n) is 3.29. The van der Waals surface area contributed by atoms with E-state index in [4.69, 9.17) is 21.1 Å². The van der Waals surface area contributed by atoms with Gasteiger partial charge in [0, 0.05) is 32.0 Å². The van der Waals surface area contributed by atoms with E-state index >= 15 is 0 Å². The van der Waals surface area contributed by atoms with E-state index in [2.05, 4.69) is 0 Å². The second kappa shape index (κ2) is 6.73. The van der Waals surface area contributed by atoms with Crippen LogP contribution in [0.1, 0.15) is 33.6 Å². The average molecular weight is 330 g/mol. The standard InChI is InChI=1S/C16H21ClFNO3/c1-16(2,3)22-15(20)19-8-6-11(7-9-19)21-12-4-5-13(17)14(18)10-12/h4-5,10-11H,6-9H2,1-3H3. The summed E-state index contributed by atoms with van der Waals surface area (Å²) >= 11 is 5.64. The fourth-order valence-corrected chi connectivity index (χ4v) is 2.34. The summed E-state index contributed by atoms with van der Waals surface area (Å²) in [6.45, 7) is 6.66. The third-order valence-corrected chi connectivity index (χ3v) is 3.59. The zero-order valence-electron chi connectivity index (χ0n) is 13.1. The van der Waals surface area contributed by atoms with Crippen LogP contribution in [0.4, 0.5) is 9.18 Å². The van der Waals surface area contributed by atoms with Gasteiger partial charge in [-0.1, -0.05) is 11.6 Å². The van der Waals surface area contributed by atoms with E-state index in [0.717, 1.165) is 0 Å². The molecule has 0 bridgehead atoms. The Morgan fingerprint density at radius 1 is 1.32 bits per heavy atom. The van der Waals surface area contributed by atoms with Crippen molar-refractivity contribution in [2.45, 2.75) is 45.3 Å². The van der Waals surface area contributed by atoms with Crippen molar-refractivity contribution in [3.63, 3.8) is 0 Å². The van der Waals surface area contributed by atoms with Crippen molar-refractivity contribution in [2.75, 3.05) is 13.1 Å². The van der Waals surface area contributed by atoms with Crippen LogP contribution in [0, 0.1) is 5.82 Å². The number of hydrogen-bond donors (Lipinski definition) is 0. The van der Waals surface area contributed by atoms with Crippen LogP contribution in [-0.2, 0) is 4.74 Å². The maximum absolute atomic E-state index is 13.4. The summed E-state index contributed by atoms with van der Waals surface area (Å²) in [4.78, 5) is 13.6. The minimum atomic E-state index is -0.495. The smallest absolute Gasteiger partial charge is 0.410 e. The van der Waals surface area contributed by atoms with Gasteiger partial charge in [-0.25, -0.2) is 9.18 Å². The topological polar surface area (TPSA) is 38.8 Å². The van der Waals surface area contributed by atoms with Crippen molar-refractivity contribution < 1.29 is 18.7 Å². The maximum atomic E-state index is 13.4. The van der Waals surface area contributed by atoms with Crippen LogP contribution in [0.2, 0.25) is 5.02 Å². The monoisotopic (exact) mass is 329 g/mol. The molecule has 1 amide bonds. The number of likely N-dealkylation sites (tertiary alicyclic amines) is 1. The van der Waals surface area contributed by atoms with E-state index in [0.29, 0.717) is 31.7 Å². The van der Waals surface area contributed by atoms with Crippen LogP contribution in [0.5, 0.6) is 5.75 Å². The van der Waals surface area contributed by atoms with E-state index in [9.17, 15) is 9.18 Å². The number of hydrogen-bond acceptors (Lipinski definition) is 3. The van der Waals surface area contributed by atoms with Crippen LogP contribution in [0.15, 0.2) is 18.2 Å². The predicted molar refractivity (Wildman–Crippen MR) is 82.9 cm³/mol. The van der Waals surface area contributed by atoms with Crippen LogP contribution in [-0.4, -0.2) is 35.8 Å². The molecule has 2 rings (SSSR count). The molecule has 0 aromatic heterocycles. The fourth-order valence-electron chi connectivity index (χ4n) is 2.23. The van der Waals surface area contributed by atoms with Crippen molar-refractivity contribution in [2.24, 2.45) is 0 Å². The van der Waals surface area contributed by atoms with Gasteiger partial charge in [0.1, 0.15) is 23.3 Å². The van der Waals surface area contributed by atoms with Gasteiger partial charge in [-0.15, -0.1) is 0 Å². The number of benzene rings is 1. The Balaban J connectivity index is 1.84. The van der Waals surface area contributed by atoms with E-state index in [-0.39, 0.29) is 17.2 Å². The van der Waals surface area contributed by atoms with Gasteiger partial charge in [0.05, 0.1) is 5.02 Å². The first kappa shape index (κ1) is 16.9. The Morgan fingerprint density at radius 2 is 1.95 bits per heavy atom. The molecule has 0 spiro atoms. The van der Waals surface area contributed by atoms with Gasteiger partial charge in [-0.2, -0.15) is 0 Å². The quantitative estimate of drug-likeness (QED) is 0.814. The average Bonchev–Trinajstić information content (AvgIpc) is 2.42. The van der Waals surface area contributed by atoms with E-state index in [1.165, 1.54) is 12.1 Å². The molecule has 122 valence electrons. The molecule has 0 N–H and O–H groups in total. The van der Waals surface area contributed by atoms with Gasteiger partial charge in [0.2, 0.25) is 0 Å². The third kappa shape index (κ3) is 4.77. The second-order valence-corrected chi connectivity index (χ2v) is 6.77. The summed E-state index contributed by atoms with van der Waals surface area (Å²) < 4.78 is 24.5. The number of rotatable bonds is 2. The molecule has 1 aromatic carbocycles. The highest BCUT2D eigenvalue weighted by atomic mass is 35.5. The fraction of sp³-hybridized carbons (Fsp3) is 0.562. The van der Waals surface area contributed by atoms with Gasteiger partial charge >= 0.3 is 6.09 Å². The molecule has 1 saturated heterocycles. The van der Waals surface area contributed by atoms with Crippen molar-refractivity contribution in [3.05, 3.63) is 29.0 Å². The predicted octanol–water partition coefficient (Wildman–Crippen LogP) is 4.26. The normalized spacial score (nSPS) is 16.5. The molecule has 6 heteroatoms. The van der Waals surface area contributed by atoms with E-state index in [1.807, 2.05) is 20.8 Å². The lowest BCUT2D eigenvalue weighted by molar-refractivity contribution is 0.0126. The Bertz CT molecular complexity index is 537. The molecule has 1 fully saturated rings. The number of carbonyl (C=O) groups is 1. The summed E-state index contributed by atoms with van der Waals surface area (Å²) in [7, 11) is 0. The van der Waals surface area contributed by atoms with Crippen molar-refractivity contribution in [3.8, 4) is 5.75 Å². The molecular formula is C16H21ClFNO3. The lowest BCUT2D eigenvalue weighted by Gasteiger charge is -2.33. The Hall–Kier alpha value is -1.49. The first-order valence-electron chi connectivity index (χ1n) is 7.34. The molecule has 1 aliphatic heterocycles. The molecule has 0 radical (unpaired) electrons. The molecule has 0 saturated carbocycles. The van der Waals surface area contributed by atoms with Crippen molar-refractivity contribution in [1.82, 2.24) is 4.90 Å². The minimum Gasteiger partial charge on any atom is -0.490 e.